The highest BCUT2D eigenvalue weighted by molar-refractivity contribution is 5.79. The fourth-order valence-corrected chi connectivity index (χ4v) is 3.76. The van der Waals surface area contributed by atoms with Gasteiger partial charge in [0.1, 0.15) is 0 Å². The summed E-state index contributed by atoms with van der Waals surface area (Å²) in [5.74, 6) is 0.250. The molecule has 144 valence electrons. The van der Waals surface area contributed by atoms with E-state index in [9.17, 15) is 4.79 Å². The molecule has 0 aromatic heterocycles. The van der Waals surface area contributed by atoms with Gasteiger partial charge in [-0.15, -0.1) is 0 Å². The molecule has 3 rings (SSSR count). The van der Waals surface area contributed by atoms with Gasteiger partial charge in [-0.05, 0) is 23.1 Å². The fourth-order valence-electron chi connectivity index (χ4n) is 3.76. The predicted molar refractivity (Wildman–Crippen MR) is 106 cm³/mol. The molecule has 2 aliphatic rings. The first-order chi connectivity index (χ1) is 12.4. The van der Waals surface area contributed by atoms with Crippen molar-refractivity contribution < 1.29 is 9.53 Å². The van der Waals surface area contributed by atoms with E-state index in [1.165, 1.54) is 5.69 Å². The first-order valence-electron chi connectivity index (χ1n) is 9.82. The molecule has 2 aliphatic heterocycles. The molecule has 0 N–H and O–H groups in total. The zero-order valence-corrected chi connectivity index (χ0v) is 16.5. The van der Waals surface area contributed by atoms with E-state index >= 15 is 0 Å². The number of piperazine rings is 1. The number of hydrogen-bond donors (Lipinski definition) is 0. The van der Waals surface area contributed by atoms with E-state index in [0.29, 0.717) is 11.8 Å². The maximum atomic E-state index is 12.6. The second kappa shape index (κ2) is 8.40. The van der Waals surface area contributed by atoms with Gasteiger partial charge in [-0.2, -0.15) is 0 Å². The molecule has 2 heterocycles. The Bertz CT molecular complexity index is 580. The standard InChI is InChI=1S/C21H33N3O2/c1-21(2,3)17-22-8-10-24(11-9-22)20(25)16-18-4-6-19(7-5-18)23-12-14-26-15-13-23/h4-7H,8-17H2,1-3H3. The normalized spacial score (nSPS) is 19.7. The predicted octanol–water partition coefficient (Wildman–Crippen LogP) is 2.26. The number of carbonyl (C=O) groups excluding carboxylic acids is 1. The van der Waals surface area contributed by atoms with Crippen molar-refractivity contribution >= 4 is 11.6 Å². The Morgan fingerprint density at radius 1 is 0.962 bits per heavy atom. The van der Waals surface area contributed by atoms with Gasteiger partial charge in [0.25, 0.3) is 0 Å². The van der Waals surface area contributed by atoms with Crippen LogP contribution in [-0.4, -0.2) is 74.7 Å². The summed E-state index contributed by atoms with van der Waals surface area (Å²) in [6.07, 6.45) is 0.503. The number of carbonyl (C=O) groups is 1. The third-order valence-corrected chi connectivity index (χ3v) is 5.09. The molecule has 26 heavy (non-hydrogen) atoms. The Hall–Kier alpha value is -1.59. The molecule has 2 saturated heterocycles. The van der Waals surface area contributed by atoms with E-state index in [2.05, 4.69) is 54.8 Å². The molecule has 5 heteroatoms. The molecule has 2 fully saturated rings. The minimum atomic E-state index is 0.250. The summed E-state index contributed by atoms with van der Waals surface area (Å²) >= 11 is 0. The largest absolute Gasteiger partial charge is 0.378 e. The van der Waals surface area contributed by atoms with Crippen LogP contribution in [0.4, 0.5) is 5.69 Å². The second-order valence-electron chi connectivity index (χ2n) is 8.66. The molecule has 1 aromatic carbocycles. The zero-order chi connectivity index (χ0) is 18.6. The molecule has 0 spiro atoms. The topological polar surface area (TPSA) is 36.0 Å². The lowest BCUT2D eigenvalue weighted by Gasteiger charge is -2.37. The Morgan fingerprint density at radius 2 is 1.58 bits per heavy atom. The quantitative estimate of drug-likeness (QED) is 0.826. The minimum Gasteiger partial charge on any atom is -0.378 e. The van der Waals surface area contributed by atoms with Crippen molar-refractivity contribution in [2.45, 2.75) is 27.2 Å². The number of nitrogens with zero attached hydrogens (tertiary/aromatic N) is 3. The maximum absolute atomic E-state index is 12.6. The van der Waals surface area contributed by atoms with Gasteiger partial charge < -0.3 is 14.5 Å². The van der Waals surface area contributed by atoms with Crippen LogP contribution >= 0.6 is 0 Å². The summed E-state index contributed by atoms with van der Waals surface area (Å²) < 4.78 is 5.40. The van der Waals surface area contributed by atoms with E-state index in [1.54, 1.807) is 0 Å². The smallest absolute Gasteiger partial charge is 0.227 e. The molecule has 1 aromatic rings. The van der Waals surface area contributed by atoms with Crippen LogP contribution in [0.25, 0.3) is 0 Å². The van der Waals surface area contributed by atoms with Gasteiger partial charge in [-0.1, -0.05) is 32.9 Å². The van der Waals surface area contributed by atoms with Crippen molar-refractivity contribution in [1.82, 2.24) is 9.80 Å². The second-order valence-corrected chi connectivity index (χ2v) is 8.66. The van der Waals surface area contributed by atoms with Crippen LogP contribution in [-0.2, 0) is 16.0 Å². The summed E-state index contributed by atoms with van der Waals surface area (Å²) in [4.78, 5) is 19.5. The van der Waals surface area contributed by atoms with E-state index < -0.39 is 0 Å². The van der Waals surface area contributed by atoms with E-state index in [-0.39, 0.29) is 5.91 Å². The Kier molecular flexibility index (Phi) is 6.20. The Morgan fingerprint density at radius 3 is 2.15 bits per heavy atom. The van der Waals surface area contributed by atoms with Gasteiger partial charge in [0.05, 0.1) is 19.6 Å². The van der Waals surface area contributed by atoms with Crippen LogP contribution in [0.15, 0.2) is 24.3 Å². The van der Waals surface area contributed by atoms with E-state index in [0.717, 1.165) is 64.6 Å². The molecule has 0 aliphatic carbocycles. The first-order valence-corrected chi connectivity index (χ1v) is 9.82. The fraction of sp³-hybridized carbons (Fsp3) is 0.667. The highest BCUT2D eigenvalue weighted by Crippen LogP contribution is 2.19. The minimum absolute atomic E-state index is 0.250. The van der Waals surface area contributed by atoms with Gasteiger partial charge in [0, 0.05) is 51.5 Å². The number of hydrogen-bond acceptors (Lipinski definition) is 4. The van der Waals surface area contributed by atoms with Crippen LogP contribution in [0.5, 0.6) is 0 Å². The third kappa shape index (κ3) is 5.45. The molecule has 0 saturated carbocycles. The van der Waals surface area contributed by atoms with Crippen LogP contribution in [0.3, 0.4) is 0 Å². The summed E-state index contributed by atoms with van der Waals surface area (Å²) in [5.41, 5.74) is 2.64. The Labute approximate surface area is 157 Å². The first kappa shape index (κ1) is 19.2. The highest BCUT2D eigenvalue weighted by atomic mass is 16.5. The monoisotopic (exact) mass is 359 g/mol. The average molecular weight is 360 g/mol. The number of anilines is 1. The lowest BCUT2D eigenvalue weighted by Crippen LogP contribution is -2.50. The van der Waals surface area contributed by atoms with Crippen LogP contribution in [0.2, 0.25) is 0 Å². The Balaban J connectivity index is 1.47. The summed E-state index contributed by atoms with van der Waals surface area (Å²) in [6, 6.07) is 8.46. The van der Waals surface area contributed by atoms with Crippen molar-refractivity contribution in [2.24, 2.45) is 5.41 Å². The lowest BCUT2D eigenvalue weighted by atomic mass is 9.96. The van der Waals surface area contributed by atoms with Gasteiger partial charge in [0.2, 0.25) is 5.91 Å². The van der Waals surface area contributed by atoms with E-state index in [4.69, 9.17) is 4.74 Å². The number of rotatable bonds is 4. The maximum Gasteiger partial charge on any atom is 0.227 e. The molecule has 1 amide bonds. The molecule has 0 unspecified atom stereocenters. The number of benzene rings is 1. The highest BCUT2D eigenvalue weighted by Gasteiger charge is 2.24. The van der Waals surface area contributed by atoms with Gasteiger partial charge >= 0.3 is 0 Å². The zero-order valence-electron chi connectivity index (χ0n) is 16.5. The van der Waals surface area contributed by atoms with Crippen molar-refractivity contribution in [2.75, 3.05) is 63.9 Å². The van der Waals surface area contributed by atoms with Crippen molar-refractivity contribution in [3.8, 4) is 0 Å². The average Bonchev–Trinajstić information content (AvgIpc) is 2.62. The van der Waals surface area contributed by atoms with Crippen LogP contribution in [0.1, 0.15) is 26.3 Å². The van der Waals surface area contributed by atoms with Crippen molar-refractivity contribution in [1.29, 1.82) is 0 Å². The SMILES string of the molecule is CC(C)(C)CN1CCN(C(=O)Cc2ccc(N3CCOCC3)cc2)CC1. The van der Waals surface area contributed by atoms with Crippen LogP contribution < -0.4 is 4.90 Å². The molecule has 5 nitrogen and oxygen atoms in total. The number of morpholine rings is 1. The van der Waals surface area contributed by atoms with Crippen molar-refractivity contribution in [3.63, 3.8) is 0 Å². The van der Waals surface area contributed by atoms with Crippen molar-refractivity contribution in [3.05, 3.63) is 29.8 Å². The molecule has 0 radical (unpaired) electrons. The summed E-state index contributed by atoms with van der Waals surface area (Å²) in [6.45, 7) is 15.0. The summed E-state index contributed by atoms with van der Waals surface area (Å²) in [5, 5.41) is 0. The molecule has 0 atom stereocenters. The van der Waals surface area contributed by atoms with E-state index in [1.807, 2.05) is 4.90 Å². The summed E-state index contributed by atoms with van der Waals surface area (Å²) in [7, 11) is 0. The number of ether oxygens (including phenoxy) is 1. The molecular formula is C21H33N3O2. The number of amides is 1. The van der Waals surface area contributed by atoms with Crippen LogP contribution in [0, 0.1) is 5.41 Å². The lowest BCUT2D eigenvalue weighted by molar-refractivity contribution is -0.132. The third-order valence-electron chi connectivity index (χ3n) is 5.09. The molecule has 0 bridgehead atoms. The van der Waals surface area contributed by atoms with Gasteiger partial charge in [0.15, 0.2) is 0 Å². The molecular weight excluding hydrogens is 326 g/mol. The van der Waals surface area contributed by atoms with Gasteiger partial charge in [-0.3, -0.25) is 9.69 Å². The van der Waals surface area contributed by atoms with Gasteiger partial charge in [-0.25, -0.2) is 0 Å².